The van der Waals surface area contributed by atoms with Gasteiger partial charge in [0.2, 0.25) is 5.91 Å². The molecule has 0 bridgehead atoms. The Labute approximate surface area is 127 Å². The summed E-state index contributed by atoms with van der Waals surface area (Å²) in [5.41, 5.74) is 0.525. The van der Waals surface area contributed by atoms with Crippen LogP contribution in [0.15, 0.2) is 18.2 Å². The van der Waals surface area contributed by atoms with Gasteiger partial charge in [-0.3, -0.25) is 14.5 Å². The van der Waals surface area contributed by atoms with Gasteiger partial charge in [-0.05, 0) is 31.7 Å². The maximum atomic E-state index is 13.1. The molecule has 1 unspecified atom stereocenters. The predicted octanol–water partition coefficient (Wildman–Crippen LogP) is 1.58. The molecule has 0 saturated heterocycles. The van der Waals surface area contributed by atoms with E-state index in [0.717, 1.165) is 12.1 Å². The molecule has 0 aromatic heterocycles. The van der Waals surface area contributed by atoms with Crippen LogP contribution in [0.4, 0.5) is 8.78 Å². The van der Waals surface area contributed by atoms with Gasteiger partial charge < -0.3 is 10.4 Å². The molecule has 1 atom stereocenters. The van der Waals surface area contributed by atoms with Gasteiger partial charge >= 0.3 is 5.97 Å². The van der Waals surface area contributed by atoms with E-state index in [1.165, 1.54) is 6.07 Å². The Bertz CT molecular complexity index is 514. The summed E-state index contributed by atoms with van der Waals surface area (Å²) in [4.78, 5) is 23.4. The number of benzene rings is 1. The van der Waals surface area contributed by atoms with Crippen LogP contribution in [-0.4, -0.2) is 42.0 Å². The van der Waals surface area contributed by atoms with Crippen molar-refractivity contribution in [2.24, 2.45) is 0 Å². The van der Waals surface area contributed by atoms with Crippen molar-refractivity contribution in [3.63, 3.8) is 0 Å². The van der Waals surface area contributed by atoms with Gasteiger partial charge in [0.1, 0.15) is 6.54 Å². The maximum Gasteiger partial charge on any atom is 0.322 e. The third-order valence-corrected chi connectivity index (χ3v) is 2.92. The van der Waals surface area contributed by atoms with Gasteiger partial charge in [0, 0.05) is 6.04 Å². The molecular weight excluding hydrogens is 306 g/mol. The lowest BCUT2D eigenvalue weighted by atomic mass is 10.1. The standard InChI is InChI=1S/C13H16F2N2O3.ClH/c1-8(9-3-4-10(14)11(15)5-9)17(2)7-12(18)16-6-13(19)20;/h3-5,8H,6-7H2,1-2H3,(H,16,18)(H,19,20);1H. The van der Waals surface area contributed by atoms with E-state index in [4.69, 9.17) is 5.11 Å². The summed E-state index contributed by atoms with van der Waals surface area (Å²) in [5.74, 6) is -3.46. The van der Waals surface area contributed by atoms with Gasteiger partial charge in [0.15, 0.2) is 11.6 Å². The van der Waals surface area contributed by atoms with Crippen LogP contribution in [-0.2, 0) is 9.59 Å². The Kier molecular flexibility index (Phi) is 7.83. The molecule has 0 aliphatic heterocycles. The number of nitrogens with one attached hydrogen (secondary N) is 1. The lowest BCUT2D eigenvalue weighted by Crippen LogP contribution is -2.38. The first-order valence-electron chi connectivity index (χ1n) is 5.95. The highest BCUT2D eigenvalue weighted by Crippen LogP contribution is 2.20. The monoisotopic (exact) mass is 322 g/mol. The Balaban J connectivity index is 0.00000400. The number of amides is 1. The summed E-state index contributed by atoms with van der Waals surface area (Å²) in [6.45, 7) is 1.23. The fraction of sp³-hybridized carbons (Fsp3) is 0.385. The van der Waals surface area contributed by atoms with Gasteiger partial charge in [-0.15, -0.1) is 12.4 Å². The third kappa shape index (κ3) is 6.05. The highest BCUT2D eigenvalue weighted by molar-refractivity contribution is 5.85. The molecule has 0 fully saturated rings. The van der Waals surface area contributed by atoms with Gasteiger partial charge in [0.05, 0.1) is 6.54 Å². The summed E-state index contributed by atoms with van der Waals surface area (Å²) in [6, 6.07) is 3.22. The zero-order valence-corrected chi connectivity index (χ0v) is 12.4. The van der Waals surface area contributed by atoms with Crippen LogP contribution in [0.25, 0.3) is 0 Å². The first-order chi connectivity index (χ1) is 9.31. The number of carboxylic acid groups (broad SMARTS) is 1. The largest absolute Gasteiger partial charge is 0.480 e. The van der Waals surface area contributed by atoms with Gasteiger partial charge in [0.25, 0.3) is 0 Å². The second-order valence-corrected chi connectivity index (χ2v) is 4.44. The Morgan fingerprint density at radius 2 is 1.95 bits per heavy atom. The summed E-state index contributed by atoms with van der Waals surface area (Å²) < 4.78 is 26.0. The number of rotatable bonds is 6. The highest BCUT2D eigenvalue weighted by atomic mass is 35.5. The summed E-state index contributed by atoms with van der Waals surface area (Å²) in [5, 5.41) is 10.7. The first-order valence-corrected chi connectivity index (χ1v) is 5.95. The van der Waals surface area contributed by atoms with Crippen LogP contribution in [0.5, 0.6) is 0 Å². The van der Waals surface area contributed by atoms with E-state index in [0.29, 0.717) is 5.56 Å². The van der Waals surface area contributed by atoms with Crippen LogP contribution in [0.3, 0.4) is 0 Å². The summed E-state index contributed by atoms with van der Waals surface area (Å²) >= 11 is 0. The number of carbonyl (C=O) groups excluding carboxylic acids is 1. The molecule has 0 aliphatic rings. The minimum absolute atomic E-state index is 0. The van der Waals surface area contributed by atoms with Crippen LogP contribution in [0, 0.1) is 11.6 Å². The number of carbonyl (C=O) groups is 2. The molecule has 0 spiro atoms. The Morgan fingerprint density at radius 1 is 1.33 bits per heavy atom. The third-order valence-electron chi connectivity index (χ3n) is 2.92. The number of halogens is 3. The minimum atomic E-state index is -1.13. The van der Waals surface area contributed by atoms with Crippen molar-refractivity contribution < 1.29 is 23.5 Å². The average Bonchev–Trinajstić information content (AvgIpc) is 2.38. The van der Waals surface area contributed by atoms with E-state index in [1.54, 1.807) is 18.9 Å². The molecule has 8 heteroatoms. The molecule has 0 saturated carbocycles. The smallest absolute Gasteiger partial charge is 0.322 e. The second-order valence-electron chi connectivity index (χ2n) is 4.44. The molecule has 1 aromatic rings. The van der Waals surface area contributed by atoms with Crippen molar-refractivity contribution in [1.82, 2.24) is 10.2 Å². The molecule has 2 N–H and O–H groups in total. The number of nitrogens with zero attached hydrogens (tertiary/aromatic N) is 1. The van der Waals surface area contributed by atoms with Gasteiger partial charge in [-0.25, -0.2) is 8.78 Å². The van der Waals surface area contributed by atoms with Crippen LogP contribution < -0.4 is 5.32 Å². The van der Waals surface area contributed by atoms with Crippen molar-refractivity contribution in [2.75, 3.05) is 20.1 Å². The Hall–Kier alpha value is -1.73. The fourth-order valence-corrected chi connectivity index (χ4v) is 1.62. The first kappa shape index (κ1) is 19.3. The molecular formula is C13H17ClF2N2O3. The van der Waals surface area contributed by atoms with Crippen molar-refractivity contribution in [2.45, 2.75) is 13.0 Å². The van der Waals surface area contributed by atoms with E-state index in [9.17, 15) is 18.4 Å². The highest BCUT2D eigenvalue weighted by Gasteiger charge is 2.16. The zero-order chi connectivity index (χ0) is 15.3. The average molecular weight is 323 g/mol. The normalized spacial score (nSPS) is 11.7. The van der Waals surface area contributed by atoms with E-state index < -0.39 is 30.1 Å². The molecule has 5 nitrogen and oxygen atoms in total. The van der Waals surface area contributed by atoms with Crippen LogP contribution in [0.2, 0.25) is 0 Å². The fourth-order valence-electron chi connectivity index (χ4n) is 1.62. The van der Waals surface area contributed by atoms with E-state index in [1.807, 2.05) is 0 Å². The van der Waals surface area contributed by atoms with Gasteiger partial charge in [-0.1, -0.05) is 6.07 Å². The SMILES string of the molecule is CC(c1ccc(F)c(F)c1)N(C)CC(=O)NCC(=O)O.Cl. The van der Waals surface area contributed by atoms with E-state index in [-0.39, 0.29) is 25.0 Å². The predicted molar refractivity (Wildman–Crippen MR) is 75.3 cm³/mol. The molecule has 0 aliphatic carbocycles. The Morgan fingerprint density at radius 3 is 2.48 bits per heavy atom. The number of carboxylic acids is 1. The van der Waals surface area contributed by atoms with Crippen molar-refractivity contribution >= 4 is 24.3 Å². The molecule has 1 amide bonds. The zero-order valence-electron chi connectivity index (χ0n) is 11.6. The lowest BCUT2D eigenvalue weighted by Gasteiger charge is -2.24. The summed E-state index contributed by atoms with van der Waals surface area (Å²) in [6.07, 6.45) is 0. The van der Waals surface area contributed by atoms with Crippen LogP contribution in [0.1, 0.15) is 18.5 Å². The molecule has 0 radical (unpaired) electrons. The number of likely N-dealkylation sites (N-methyl/N-ethyl adjacent to an activating group) is 1. The van der Waals surface area contributed by atoms with Crippen molar-refractivity contribution in [3.8, 4) is 0 Å². The molecule has 0 heterocycles. The van der Waals surface area contributed by atoms with E-state index in [2.05, 4.69) is 5.32 Å². The molecule has 118 valence electrons. The van der Waals surface area contributed by atoms with Gasteiger partial charge in [-0.2, -0.15) is 0 Å². The molecule has 1 aromatic carbocycles. The van der Waals surface area contributed by atoms with Crippen molar-refractivity contribution in [3.05, 3.63) is 35.4 Å². The number of hydrogen-bond acceptors (Lipinski definition) is 3. The summed E-state index contributed by atoms with van der Waals surface area (Å²) in [7, 11) is 1.63. The number of aliphatic carboxylic acids is 1. The minimum Gasteiger partial charge on any atom is -0.480 e. The molecule has 21 heavy (non-hydrogen) atoms. The second kappa shape index (κ2) is 8.53. The van der Waals surface area contributed by atoms with E-state index >= 15 is 0 Å². The van der Waals surface area contributed by atoms with Crippen LogP contribution >= 0.6 is 12.4 Å². The quantitative estimate of drug-likeness (QED) is 0.834. The number of hydrogen-bond donors (Lipinski definition) is 2. The van der Waals surface area contributed by atoms with Crippen molar-refractivity contribution in [1.29, 1.82) is 0 Å². The molecule has 1 rings (SSSR count). The topological polar surface area (TPSA) is 69.6 Å². The lowest BCUT2D eigenvalue weighted by molar-refractivity contribution is -0.138. The maximum absolute atomic E-state index is 13.1.